The zero-order valence-electron chi connectivity index (χ0n) is 8.80. The maximum atomic E-state index is 11.6. The normalized spacial score (nSPS) is 32.7. The number of nitrogens with zero attached hydrogens (tertiary/aromatic N) is 2. The van der Waals surface area contributed by atoms with Gasteiger partial charge in [-0.2, -0.15) is 0 Å². The van der Waals surface area contributed by atoms with Gasteiger partial charge in [0.2, 0.25) is 0 Å². The van der Waals surface area contributed by atoms with E-state index in [-0.39, 0.29) is 23.9 Å². The lowest BCUT2D eigenvalue weighted by molar-refractivity contribution is -0.147. The van der Waals surface area contributed by atoms with Gasteiger partial charge >= 0.3 is 12.0 Å². The Hall–Kier alpha value is -1.30. The van der Waals surface area contributed by atoms with Crippen LogP contribution in [0.3, 0.4) is 0 Å². The summed E-state index contributed by atoms with van der Waals surface area (Å²) in [5.74, 6) is -0.977. The van der Waals surface area contributed by atoms with Gasteiger partial charge in [-0.25, -0.2) is 9.80 Å². The van der Waals surface area contributed by atoms with Crippen LogP contribution in [0.1, 0.15) is 6.42 Å². The number of fused-ring (bicyclic) bond motifs is 1. The highest BCUT2D eigenvalue weighted by molar-refractivity contribution is 5.79. The summed E-state index contributed by atoms with van der Waals surface area (Å²) in [5.41, 5.74) is 2.63. The monoisotopic (exact) mass is 213 g/mol. The summed E-state index contributed by atoms with van der Waals surface area (Å²) in [4.78, 5) is 24.1. The van der Waals surface area contributed by atoms with Crippen molar-refractivity contribution in [2.24, 2.45) is 11.8 Å². The predicted molar refractivity (Wildman–Crippen MR) is 51.9 cm³/mol. The minimum atomic E-state index is -0.781. The highest BCUT2D eigenvalue weighted by atomic mass is 16.4. The summed E-state index contributed by atoms with van der Waals surface area (Å²) in [6, 6.07) is -0.302. The number of carbonyl (C=O) groups is 2. The lowest BCUT2D eigenvalue weighted by atomic mass is 9.74. The van der Waals surface area contributed by atoms with E-state index in [0.717, 1.165) is 6.42 Å². The van der Waals surface area contributed by atoms with E-state index in [9.17, 15) is 9.59 Å². The van der Waals surface area contributed by atoms with Crippen molar-refractivity contribution in [3.63, 3.8) is 0 Å². The van der Waals surface area contributed by atoms with E-state index in [1.165, 1.54) is 0 Å². The Labute approximate surface area is 87.8 Å². The summed E-state index contributed by atoms with van der Waals surface area (Å²) in [6.45, 7) is 0.571. The minimum absolute atomic E-state index is 0.104. The number of rotatable bonds is 2. The molecule has 3 fully saturated rings. The summed E-state index contributed by atoms with van der Waals surface area (Å²) >= 11 is 0. The molecule has 1 saturated carbocycles. The fraction of sp³-hybridized carbons (Fsp3) is 0.778. The molecule has 84 valence electrons. The third-order valence-corrected chi connectivity index (χ3v) is 3.16. The zero-order chi connectivity index (χ0) is 11.2. The van der Waals surface area contributed by atoms with Crippen molar-refractivity contribution >= 4 is 12.0 Å². The van der Waals surface area contributed by atoms with Crippen molar-refractivity contribution in [2.75, 3.05) is 20.6 Å². The topological polar surface area (TPSA) is 72.9 Å². The number of hydrogen-bond donors (Lipinski definition) is 2. The molecule has 2 aliphatic heterocycles. The van der Waals surface area contributed by atoms with Gasteiger partial charge in [0.1, 0.15) is 0 Å². The number of hydrogen-bond acceptors (Lipinski definition) is 3. The van der Waals surface area contributed by atoms with Crippen LogP contribution in [0.5, 0.6) is 0 Å². The first-order valence-electron chi connectivity index (χ1n) is 4.98. The molecule has 2 saturated heterocycles. The molecule has 2 bridgehead atoms. The molecule has 3 aliphatic rings. The number of carboxylic acids is 1. The molecule has 0 radical (unpaired) electrons. The molecule has 15 heavy (non-hydrogen) atoms. The molecule has 2 amide bonds. The second-order valence-corrected chi connectivity index (χ2v) is 4.39. The number of hydrazine groups is 1. The third kappa shape index (κ3) is 1.54. The van der Waals surface area contributed by atoms with E-state index in [1.54, 1.807) is 24.0 Å². The van der Waals surface area contributed by atoms with Crippen molar-refractivity contribution in [1.82, 2.24) is 15.3 Å². The molecule has 3 rings (SSSR count). The Balaban J connectivity index is 1.98. The van der Waals surface area contributed by atoms with Gasteiger partial charge in [0.15, 0.2) is 0 Å². The smallest absolute Gasteiger partial charge is 0.332 e. The van der Waals surface area contributed by atoms with Crippen LogP contribution in [-0.2, 0) is 4.79 Å². The fourth-order valence-electron chi connectivity index (χ4n) is 2.47. The Kier molecular flexibility index (Phi) is 2.30. The molecule has 3 unspecified atom stereocenters. The average Bonchev–Trinajstić information content (AvgIpc) is 2.56. The highest BCUT2D eigenvalue weighted by Gasteiger charge is 2.57. The summed E-state index contributed by atoms with van der Waals surface area (Å²) in [5, 5.41) is 10.5. The molecular weight excluding hydrogens is 198 g/mol. The number of aliphatic carboxylic acids is 1. The van der Waals surface area contributed by atoms with Gasteiger partial charge in [0.25, 0.3) is 0 Å². The number of urea groups is 1. The van der Waals surface area contributed by atoms with Gasteiger partial charge in [-0.05, 0) is 12.3 Å². The lowest BCUT2D eigenvalue weighted by Gasteiger charge is -2.33. The standard InChI is InChI=1S/C9H15N3O3/c1-11(2)10-9(15)12-4-5-3-6(12)7(5)8(13)14/h5-7H,3-4H2,1-2H3,(H,10,15)(H,13,14). The van der Waals surface area contributed by atoms with Gasteiger partial charge in [-0.3, -0.25) is 10.2 Å². The van der Waals surface area contributed by atoms with Gasteiger partial charge in [-0.1, -0.05) is 0 Å². The first-order valence-corrected chi connectivity index (χ1v) is 4.98. The SMILES string of the molecule is CN(C)NC(=O)N1CC2CC1C2C(=O)O. The van der Waals surface area contributed by atoms with Gasteiger partial charge in [0.05, 0.1) is 5.92 Å². The van der Waals surface area contributed by atoms with Crippen LogP contribution in [0.15, 0.2) is 0 Å². The van der Waals surface area contributed by atoms with E-state index in [1.807, 2.05) is 0 Å². The highest BCUT2D eigenvalue weighted by Crippen LogP contribution is 2.46. The Morgan fingerprint density at radius 2 is 2.13 bits per heavy atom. The van der Waals surface area contributed by atoms with Crippen LogP contribution >= 0.6 is 0 Å². The van der Waals surface area contributed by atoms with Crippen LogP contribution in [0, 0.1) is 11.8 Å². The maximum Gasteiger partial charge on any atom is 0.332 e. The van der Waals surface area contributed by atoms with Gasteiger partial charge in [-0.15, -0.1) is 0 Å². The molecule has 0 aromatic carbocycles. The van der Waals surface area contributed by atoms with Crippen LogP contribution in [0.2, 0.25) is 0 Å². The zero-order valence-corrected chi connectivity index (χ0v) is 8.80. The first-order chi connectivity index (χ1) is 7.00. The van der Waals surface area contributed by atoms with Gasteiger partial charge < -0.3 is 10.0 Å². The molecule has 0 spiro atoms. The molecule has 2 N–H and O–H groups in total. The molecule has 6 nitrogen and oxygen atoms in total. The molecule has 0 aromatic rings. The molecule has 0 aromatic heterocycles. The molecular formula is C9H15N3O3. The number of amides is 2. The Morgan fingerprint density at radius 3 is 2.60 bits per heavy atom. The largest absolute Gasteiger partial charge is 0.481 e. The average molecular weight is 213 g/mol. The van der Waals surface area contributed by atoms with Gasteiger partial charge in [0, 0.05) is 26.7 Å². The minimum Gasteiger partial charge on any atom is -0.481 e. The van der Waals surface area contributed by atoms with E-state index < -0.39 is 5.97 Å². The maximum absolute atomic E-state index is 11.6. The molecule has 6 heteroatoms. The van der Waals surface area contributed by atoms with Crippen molar-refractivity contribution in [1.29, 1.82) is 0 Å². The quantitative estimate of drug-likeness (QED) is 0.611. The Morgan fingerprint density at radius 1 is 1.47 bits per heavy atom. The molecule has 2 heterocycles. The summed E-state index contributed by atoms with van der Waals surface area (Å²) in [7, 11) is 3.46. The Bertz CT molecular complexity index is 305. The number of nitrogens with one attached hydrogen (secondary N) is 1. The number of carboxylic acid groups (broad SMARTS) is 1. The van der Waals surface area contributed by atoms with Crippen molar-refractivity contribution in [2.45, 2.75) is 12.5 Å². The van der Waals surface area contributed by atoms with E-state index in [4.69, 9.17) is 5.11 Å². The third-order valence-electron chi connectivity index (χ3n) is 3.16. The second kappa shape index (κ2) is 3.37. The fourth-order valence-corrected chi connectivity index (χ4v) is 2.47. The predicted octanol–water partition coefficient (Wildman–Crippen LogP) is -0.422. The van der Waals surface area contributed by atoms with Crippen molar-refractivity contribution < 1.29 is 14.7 Å². The van der Waals surface area contributed by atoms with Crippen LogP contribution in [-0.4, -0.2) is 53.7 Å². The lowest BCUT2D eigenvalue weighted by Crippen LogP contribution is -2.50. The van der Waals surface area contributed by atoms with Crippen LogP contribution in [0.4, 0.5) is 4.79 Å². The van der Waals surface area contributed by atoms with E-state index in [0.29, 0.717) is 6.54 Å². The van der Waals surface area contributed by atoms with E-state index >= 15 is 0 Å². The summed E-state index contributed by atoms with van der Waals surface area (Å²) < 4.78 is 0. The van der Waals surface area contributed by atoms with Crippen LogP contribution in [0.25, 0.3) is 0 Å². The van der Waals surface area contributed by atoms with Crippen LogP contribution < -0.4 is 5.43 Å². The van der Waals surface area contributed by atoms with E-state index in [2.05, 4.69) is 5.43 Å². The van der Waals surface area contributed by atoms with Crippen molar-refractivity contribution in [3.8, 4) is 0 Å². The second-order valence-electron chi connectivity index (χ2n) is 4.39. The molecule has 3 atom stereocenters. The molecule has 1 aliphatic carbocycles. The number of carbonyl (C=O) groups excluding carboxylic acids is 1. The summed E-state index contributed by atoms with van der Waals surface area (Å²) in [6.07, 6.45) is 0.831. The van der Waals surface area contributed by atoms with Crippen molar-refractivity contribution in [3.05, 3.63) is 0 Å². The first kappa shape index (κ1) is 10.2.